The third-order valence-electron chi connectivity index (χ3n) is 3.48. The Hall–Kier alpha value is -1.29. The number of halogens is 2. The van der Waals surface area contributed by atoms with Crippen molar-refractivity contribution in [3.8, 4) is 0 Å². The van der Waals surface area contributed by atoms with Crippen LogP contribution in [0, 0.1) is 23.5 Å². The summed E-state index contributed by atoms with van der Waals surface area (Å²) in [5, 5.41) is 0. The molecule has 1 fully saturated rings. The van der Waals surface area contributed by atoms with Crippen LogP contribution in [0.1, 0.15) is 23.7 Å². The van der Waals surface area contributed by atoms with Gasteiger partial charge in [0.25, 0.3) is 0 Å². The molecule has 1 aliphatic rings. The molecule has 0 heterocycles. The molecule has 2 atom stereocenters. The summed E-state index contributed by atoms with van der Waals surface area (Å²) in [4.78, 5) is 13.8. The lowest BCUT2D eigenvalue weighted by molar-refractivity contribution is 0.0943. The molecule has 0 radical (unpaired) electrons. The van der Waals surface area contributed by atoms with Crippen LogP contribution in [0.15, 0.2) is 18.2 Å². The largest absolute Gasteiger partial charge is 0.299 e. The number of carbonyl (C=O) groups excluding carboxylic acids is 1. The number of hydrogen-bond acceptors (Lipinski definition) is 2. The molecule has 1 saturated carbocycles. The predicted octanol–water partition coefficient (Wildman–Crippen LogP) is 2.74. The van der Waals surface area contributed by atoms with E-state index in [1.54, 1.807) is 0 Å². The Morgan fingerprint density at radius 2 is 2.06 bits per heavy atom. The predicted molar refractivity (Wildman–Crippen MR) is 65.5 cm³/mol. The summed E-state index contributed by atoms with van der Waals surface area (Å²) in [5.74, 6) is -0.658. The summed E-state index contributed by atoms with van der Waals surface area (Å²) >= 11 is 0. The van der Waals surface area contributed by atoms with E-state index in [0.29, 0.717) is 5.92 Å². The molecule has 0 bridgehead atoms. The van der Waals surface area contributed by atoms with Crippen molar-refractivity contribution in [3.05, 3.63) is 35.4 Å². The van der Waals surface area contributed by atoms with Crippen molar-refractivity contribution in [2.24, 2.45) is 11.8 Å². The summed E-state index contributed by atoms with van der Waals surface area (Å²) in [6.07, 6.45) is 1.21. The van der Waals surface area contributed by atoms with E-state index in [4.69, 9.17) is 0 Å². The van der Waals surface area contributed by atoms with Gasteiger partial charge < -0.3 is 0 Å². The van der Waals surface area contributed by atoms with Gasteiger partial charge in [-0.15, -0.1) is 0 Å². The third-order valence-corrected chi connectivity index (χ3v) is 3.48. The average molecular weight is 253 g/mol. The number of hydrogen-bond donors (Lipinski definition) is 0. The van der Waals surface area contributed by atoms with Crippen LogP contribution in [0.4, 0.5) is 8.78 Å². The van der Waals surface area contributed by atoms with Crippen molar-refractivity contribution in [3.63, 3.8) is 0 Å². The molecule has 2 nitrogen and oxygen atoms in total. The highest BCUT2D eigenvalue weighted by Gasteiger charge is 2.33. The second kappa shape index (κ2) is 5.14. The number of likely N-dealkylation sites (N-methyl/N-ethyl adjacent to an activating group) is 1. The summed E-state index contributed by atoms with van der Waals surface area (Å²) in [6.45, 7) is 3.32. The standard InChI is InChI=1S/C14H17F2NO/c1-9-5-11(9)7-17(2)8-14(18)10-3-4-12(15)13(16)6-10/h3-4,6,9,11H,5,7-8H2,1-2H3. The topological polar surface area (TPSA) is 20.3 Å². The normalized spacial score (nSPS) is 22.3. The van der Waals surface area contributed by atoms with Crippen molar-refractivity contribution in [1.82, 2.24) is 4.90 Å². The molecule has 0 saturated heterocycles. The van der Waals surface area contributed by atoms with Crippen LogP contribution in [-0.2, 0) is 0 Å². The van der Waals surface area contributed by atoms with Gasteiger partial charge >= 0.3 is 0 Å². The van der Waals surface area contributed by atoms with Crippen LogP contribution in [0.25, 0.3) is 0 Å². The van der Waals surface area contributed by atoms with Crippen molar-refractivity contribution < 1.29 is 13.6 Å². The molecule has 1 aromatic carbocycles. The first-order chi connectivity index (χ1) is 8.47. The van der Waals surface area contributed by atoms with Crippen molar-refractivity contribution in [1.29, 1.82) is 0 Å². The van der Waals surface area contributed by atoms with Crippen LogP contribution in [0.2, 0.25) is 0 Å². The van der Waals surface area contributed by atoms with Gasteiger partial charge in [0.15, 0.2) is 17.4 Å². The van der Waals surface area contributed by atoms with Gasteiger partial charge in [0.05, 0.1) is 6.54 Å². The zero-order valence-corrected chi connectivity index (χ0v) is 10.6. The second-order valence-corrected chi connectivity index (χ2v) is 5.22. The lowest BCUT2D eigenvalue weighted by Gasteiger charge is -2.15. The molecule has 4 heteroatoms. The fourth-order valence-corrected chi connectivity index (χ4v) is 2.12. The quantitative estimate of drug-likeness (QED) is 0.752. The van der Waals surface area contributed by atoms with E-state index >= 15 is 0 Å². The summed E-state index contributed by atoms with van der Waals surface area (Å²) in [6, 6.07) is 3.28. The number of nitrogens with zero attached hydrogens (tertiary/aromatic N) is 1. The monoisotopic (exact) mass is 253 g/mol. The van der Waals surface area contributed by atoms with E-state index in [-0.39, 0.29) is 17.9 Å². The smallest absolute Gasteiger partial charge is 0.176 e. The lowest BCUT2D eigenvalue weighted by Crippen LogP contribution is -2.28. The molecule has 1 aliphatic carbocycles. The van der Waals surface area contributed by atoms with E-state index in [0.717, 1.165) is 24.6 Å². The Morgan fingerprint density at radius 3 is 2.61 bits per heavy atom. The maximum Gasteiger partial charge on any atom is 0.176 e. The summed E-state index contributed by atoms with van der Waals surface area (Å²) in [5.41, 5.74) is 0.226. The maximum atomic E-state index is 13.0. The number of rotatable bonds is 5. The molecular formula is C14H17F2NO. The molecular weight excluding hydrogens is 236 g/mol. The van der Waals surface area contributed by atoms with Gasteiger partial charge in [-0.05, 0) is 43.5 Å². The third kappa shape index (κ3) is 3.13. The van der Waals surface area contributed by atoms with E-state index < -0.39 is 11.6 Å². The minimum Gasteiger partial charge on any atom is -0.299 e. The Morgan fingerprint density at radius 1 is 1.39 bits per heavy atom. The average Bonchev–Trinajstić information content (AvgIpc) is 2.97. The molecule has 0 amide bonds. The van der Waals surface area contributed by atoms with E-state index in [1.165, 1.54) is 12.5 Å². The molecule has 2 unspecified atom stereocenters. The minimum absolute atomic E-state index is 0.176. The highest BCUT2D eigenvalue weighted by atomic mass is 19.2. The summed E-state index contributed by atoms with van der Waals surface area (Å²) < 4.78 is 25.8. The van der Waals surface area contributed by atoms with Gasteiger partial charge in [-0.1, -0.05) is 6.92 Å². The molecule has 0 N–H and O–H groups in total. The molecule has 98 valence electrons. The maximum absolute atomic E-state index is 13.0. The molecule has 0 spiro atoms. The van der Waals surface area contributed by atoms with Gasteiger partial charge in [-0.25, -0.2) is 8.78 Å². The van der Waals surface area contributed by atoms with E-state index in [2.05, 4.69) is 6.92 Å². The first kappa shape index (κ1) is 13.1. The van der Waals surface area contributed by atoms with Crippen molar-refractivity contribution in [2.45, 2.75) is 13.3 Å². The van der Waals surface area contributed by atoms with Crippen LogP contribution in [0.5, 0.6) is 0 Å². The van der Waals surface area contributed by atoms with Crippen molar-refractivity contribution >= 4 is 5.78 Å². The van der Waals surface area contributed by atoms with Crippen LogP contribution < -0.4 is 0 Å². The zero-order valence-electron chi connectivity index (χ0n) is 10.6. The number of ketones is 1. The molecule has 0 aromatic heterocycles. The number of benzene rings is 1. The van der Waals surface area contributed by atoms with Crippen LogP contribution in [0.3, 0.4) is 0 Å². The Labute approximate surface area is 106 Å². The van der Waals surface area contributed by atoms with Crippen LogP contribution >= 0.6 is 0 Å². The Bertz CT molecular complexity index is 461. The molecule has 2 rings (SSSR count). The molecule has 18 heavy (non-hydrogen) atoms. The number of carbonyl (C=O) groups is 1. The van der Waals surface area contributed by atoms with Gasteiger partial charge in [-0.3, -0.25) is 9.69 Å². The van der Waals surface area contributed by atoms with Crippen molar-refractivity contribution in [2.75, 3.05) is 20.1 Å². The van der Waals surface area contributed by atoms with Gasteiger partial charge in [0.2, 0.25) is 0 Å². The van der Waals surface area contributed by atoms with Gasteiger partial charge in [0.1, 0.15) is 0 Å². The zero-order chi connectivity index (χ0) is 13.3. The SMILES string of the molecule is CC1CC1CN(C)CC(=O)c1ccc(F)c(F)c1. The summed E-state index contributed by atoms with van der Waals surface area (Å²) in [7, 11) is 1.88. The van der Waals surface area contributed by atoms with E-state index in [9.17, 15) is 13.6 Å². The highest BCUT2D eigenvalue weighted by molar-refractivity contribution is 5.97. The van der Waals surface area contributed by atoms with E-state index in [1.807, 2.05) is 11.9 Å². The van der Waals surface area contributed by atoms with Crippen LogP contribution in [-0.4, -0.2) is 30.8 Å². The first-order valence-corrected chi connectivity index (χ1v) is 6.14. The van der Waals surface area contributed by atoms with Gasteiger partial charge in [0, 0.05) is 12.1 Å². The Kier molecular flexibility index (Phi) is 3.76. The lowest BCUT2D eigenvalue weighted by atomic mass is 10.1. The number of Topliss-reactive ketones (excluding diaryl/α,β-unsaturated/α-hetero) is 1. The minimum atomic E-state index is -0.973. The fraction of sp³-hybridized carbons (Fsp3) is 0.500. The molecule has 1 aromatic rings. The first-order valence-electron chi connectivity index (χ1n) is 6.14. The molecule has 0 aliphatic heterocycles. The second-order valence-electron chi connectivity index (χ2n) is 5.22. The van der Waals surface area contributed by atoms with Gasteiger partial charge in [-0.2, -0.15) is 0 Å². The fourth-order valence-electron chi connectivity index (χ4n) is 2.12. The Balaban J connectivity index is 1.92. The highest BCUT2D eigenvalue weighted by Crippen LogP contribution is 2.37.